The molecule has 0 saturated heterocycles. The second-order valence-electron chi connectivity index (χ2n) is 6.74. The average Bonchev–Trinajstić information content (AvgIpc) is 2.75. The second-order valence-corrected chi connectivity index (χ2v) is 6.74. The van der Waals surface area contributed by atoms with Crippen LogP contribution >= 0.6 is 0 Å². The van der Waals surface area contributed by atoms with Crippen molar-refractivity contribution in [1.29, 1.82) is 0 Å². The van der Waals surface area contributed by atoms with Gasteiger partial charge in [-0.1, -0.05) is 0 Å². The maximum Gasteiger partial charge on any atom is 0.326 e. The number of hydrogen-bond donors (Lipinski definition) is 3. The third kappa shape index (κ3) is 4.87. The van der Waals surface area contributed by atoms with Crippen molar-refractivity contribution in [2.24, 2.45) is 0 Å². The molecule has 7 nitrogen and oxygen atoms in total. The van der Waals surface area contributed by atoms with Crippen LogP contribution in [-0.4, -0.2) is 21.9 Å². The van der Waals surface area contributed by atoms with E-state index < -0.39 is 40.8 Å². The zero-order valence-electron chi connectivity index (χ0n) is 16.5. The fourth-order valence-electron chi connectivity index (χ4n) is 2.96. The Morgan fingerprint density at radius 1 is 0.788 bits per heavy atom. The van der Waals surface area contributed by atoms with E-state index in [4.69, 9.17) is 0 Å². The van der Waals surface area contributed by atoms with Crippen molar-refractivity contribution in [3.05, 3.63) is 89.8 Å². The molecule has 0 saturated carbocycles. The van der Waals surface area contributed by atoms with Gasteiger partial charge in [-0.25, -0.2) is 32.3 Å². The Balaban J connectivity index is 1.50. The molecular weight excluding hydrogens is 442 g/mol. The Hall–Kier alpha value is -4.54. The number of amides is 3. The number of urea groups is 1. The van der Waals surface area contributed by atoms with Crippen LogP contribution < -0.4 is 16.0 Å². The van der Waals surface area contributed by atoms with Crippen LogP contribution in [0.1, 0.15) is 10.4 Å². The minimum Gasteiger partial charge on any atom is -0.337 e. The number of nitrogens with zero attached hydrogens (tertiary/aromatic N) is 2. The molecule has 0 bridgehead atoms. The van der Waals surface area contributed by atoms with Crippen LogP contribution in [0.2, 0.25) is 0 Å². The zero-order valence-corrected chi connectivity index (χ0v) is 16.5. The molecule has 4 rings (SSSR count). The van der Waals surface area contributed by atoms with Crippen LogP contribution in [-0.2, 0) is 0 Å². The number of aromatic nitrogens is 2. The van der Waals surface area contributed by atoms with Crippen LogP contribution in [0.5, 0.6) is 0 Å². The first kappa shape index (κ1) is 21.7. The second kappa shape index (κ2) is 8.91. The predicted molar refractivity (Wildman–Crippen MR) is 112 cm³/mol. The first-order chi connectivity index (χ1) is 15.8. The summed E-state index contributed by atoms with van der Waals surface area (Å²) >= 11 is 0. The maximum atomic E-state index is 13.9. The standard InChI is InChI=1S/C22H13F4N5O2/c23-11-1-4-14(16(25)7-11)21(32)31-22(33)29-13-3-5-15-19(9-13)27-10-28-20(15)30-18-6-2-12(24)8-17(18)26/h1-10H,(H,27,28,30)(H2,29,31,32,33). The highest BCUT2D eigenvalue weighted by Gasteiger charge is 2.16. The molecule has 4 aromatic rings. The summed E-state index contributed by atoms with van der Waals surface area (Å²) in [5.41, 5.74) is 0.111. The Morgan fingerprint density at radius 2 is 1.52 bits per heavy atom. The summed E-state index contributed by atoms with van der Waals surface area (Å²) in [5, 5.41) is 7.57. The molecule has 0 aliphatic rings. The Labute approximate surface area is 183 Å². The largest absolute Gasteiger partial charge is 0.337 e. The molecular formula is C22H13F4N5O2. The van der Waals surface area contributed by atoms with E-state index in [1.165, 1.54) is 30.6 Å². The van der Waals surface area contributed by atoms with E-state index >= 15 is 0 Å². The number of benzene rings is 3. The van der Waals surface area contributed by atoms with E-state index in [0.29, 0.717) is 17.0 Å². The molecule has 0 aliphatic heterocycles. The number of imide groups is 1. The average molecular weight is 455 g/mol. The van der Waals surface area contributed by atoms with Crippen LogP contribution in [0.25, 0.3) is 10.9 Å². The summed E-state index contributed by atoms with van der Waals surface area (Å²) in [4.78, 5) is 32.3. The molecule has 1 aromatic heterocycles. The molecule has 33 heavy (non-hydrogen) atoms. The van der Waals surface area contributed by atoms with E-state index in [1.807, 2.05) is 5.32 Å². The minimum atomic E-state index is -1.11. The van der Waals surface area contributed by atoms with E-state index in [2.05, 4.69) is 20.6 Å². The molecule has 0 atom stereocenters. The van der Waals surface area contributed by atoms with Crippen LogP contribution in [0, 0.1) is 23.3 Å². The molecule has 3 amide bonds. The SMILES string of the molecule is O=C(NC(=O)c1ccc(F)cc1F)Nc1ccc2c(Nc3ccc(F)cc3F)ncnc2c1. The maximum absolute atomic E-state index is 13.9. The summed E-state index contributed by atoms with van der Waals surface area (Å²) in [7, 11) is 0. The van der Waals surface area contributed by atoms with E-state index in [-0.39, 0.29) is 17.2 Å². The van der Waals surface area contributed by atoms with Crippen molar-refractivity contribution in [2.45, 2.75) is 0 Å². The lowest BCUT2D eigenvalue weighted by Crippen LogP contribution is -2.34. The molecule has 0 aliphatic carbocycles. The Kier molecular flexibility index (Phi) is 5.85. The van der Waals surface area contributed by atoms with E-state index in [1.54, 1.807) is 0 Å². The monoisotopic (exact) mass is 455 g/mol. The van der Waals surface area contributed by atoms with Crippen LogP contribution in [0.4, 0.5) is 39.5 Å². The summed E-state index contributed by atoms with van der Waals surface area (Å²) in [5.74, 6) is -4.31. The van der Waals surface area contributed by atoms with Crippen molar-refractivity contribution >= 4 is 40.0 Å². The topological polar surface area (TPSA) is 96.0 Å². The smallest absolute Gasteiger partial charge is 0.326 e. The summed E-state index contributed by atoms with van der Waals surface area (Å²) < 4.78 is 53.7. The van der Waals surface area contributed by atoms with Gasteiger partial charge in [0.25, 0.3) is 5.91 Å². The summed E-state index contributed by atoms with van der Waals surface area (Å²) in [6, 6.07) is 8.89. The summed E-state index contributed by atoms with van der Waals surface area (Å²) in [6.45, 7) is 0. The normalized spacial score (nSPS) is 10.7. The minimum absolute atomic E-state index is 0.00418. The molecule has 0 radical (unpaired) electrons. The van der Waals surface area contributed by atoms with Gasteiger partial charge in [0.2, 0.25) is 0 Å². The van der Waals surface area contributed by atoms with Gasteiger partial charge in [0.1, 0.15) is 35.4 Å². The van der Waals surface area contributed by atoms with Crippen molar-refractivity contribution < 1.29 is 27.2 Å². The van der Waals surface area contributed by atoms with Gasteiger partial charge >= 0.3 is 6.03 Å². The third-order valence-electron chi connectivity index (χ3n) is 4.48. The molecule has 1 heterocycles. The Bertz CT molecular complexity index is 1400. The summed E-state index contributed by atoms with van der Waals surface area (Å²) in [6.07, 6.45) is 1.21. The predicted octanol–water partition coefficient (Wildman–Crippen LogP) is 4.89. The van der Waals surface area contributed by atoms with Crippen LogP contribution in [0.3, 0.4) is 0 Å². The fourth-order valence-corrected chi connectivity index (χ4v) is 2.96. The highest BCUT2D eigenvalue weighted by molar-refractivity contribution is 6.08. The lowest BCUT2D eigenvalue weighted by Gasteiger charge is -2.11. The number of carbonyl (C=O) groups is 2. The molecule has 0 fully saturated rings. The first-order valence-corrected chi connectivity index (χ1v) is 9.34. The molecule has 166 valence electrons. The number of fused-ring (bicyclic) bond motifs is 1. The van der Waals surface area contributed by atoms with Gasteiger partial charge in [0.15, 0.2) is 0 Å². The zero-order chi connectivity index (χ0) is 23.5. The van der Waals surface area contributed by atoms with Crippen LogP contribution in [0.15, 0.2) is 60.9 Å². The van der Waals surface area contributed by atoms with Gasteiger partial charge in [0.05, 0.1) is 16.8 Å². The van der Waals surface area contributed by atoms with Crippen molar-refractivity contribution in [2.75, 3.05) is 10.6 Å². The quantitative estimate of drug-likeness (QED) is 0.381. The van der Waals surface area contributed by atoms with Crippen molar-refractivity contribution in [3.8, 4) is 0 Å². The van der Waals surface area contributed by atoms with E-state index in [0.717, 1.165) is 24.3 Å². The number of hydrogen-bond acceptors (Lipinski definition) is 5. The van der Waals surface area contributed by atoms with Crippen molar-refractivity contribution in [3.63, 3.8) is 0 Å². The van der Waals surface area contributed by atoms with Gasteiger partial charge < -0.3 is 10.6 Å². The van der Waals surface area contributed by atoms with E-state index in [9.17, 15) is 27.2 Å². The molecule has 3 N–H and O–H groups in total. The first-order valence-electron chi connectivity index (χ1n) is 9.34. The number of carbonyl (C=O) groups excluding carboxylic acids is 2. The molecule has 0 spiro atoms. The molecule has 3 aromatic carbocycles. The lowest BCUT2D eigenvalue weighted by molar-refractivity contribution is 0.0963. The van der Waals surface area contributed by atoms with Crippen molar-refractivity contribution in [1.82, 2.24) is 15.3 Å². The number of halogens is 4. The lowest BCUT2D eigenvalue weighted by atomic mass is 10.2. The fraction of sp³-hybridized carbons (Fsp3) is 0. The number of anilines is 3. The Morgan fingerprint density at radius 3 is 2.24 bits per heavy atom. The highest BCUT2D eigenvalue weighted by Crippen LogP contribution is 2.26. The van der Waals surface area contributed by atoms with Gasteiger partial charge in [0, 0.05) is 23.2 Å². The molecule has 0 unspecified atom stereocenters. The number of rotatable bonds is 4. The van der Waals surface area contributed by atoms with Gasteiger partial charge in [-0.15, -0.1) is 0 Å². The third-order valence-corrected chi connectivity index (χ3v) is 4.48. The molecule has 11 heteroatoms. The van der Waals surface area contributed by atoms with Gasteiger partial charge in [-0.3, -0.25) is 10.1 Å². The number of nitrogens with one attached hydrogen (secondary N) is 3. The van der Waals surface area contributed by atoms with Gasteiger partial charge in [-0.2, -0.15) is 0 Å². The van der Waals surface area contributed by atoms with Gasteiger partial charge in [-0.05, 0) is 42.5 Å². The highest BCUT2D eigenvalue weighted by atomic mass is 19.1.